The molecule has 6 nitrogen and oxygen atoms in total. The highest BCUT2D eigenvalue weighted by Crippen LogP contribution is 2.21. The van der Waals surface area contributed by atoms with Crippen LogP contribution in [0.5, 0.6) is 0 Å². The van der Waals surface area contributed by atoms with Crippen molar-refractivity contribution in [1.29, 1.82) is 0 Å². The van der Waals surface area contributed by atoms with Gasteiger partial charge in [-0.2, -0.15) is 0 Å². The Bertz CT molecular complexity index is 1040. The molecule has 1 aromatic heterocycles. The van der Waals surface area contributed by atoms with Crippen LogP contribution < -0.4 is 10.6 Å². The molecule has 8 heteroatoms. The summed E-state index contributed by atoms with van der Waals surface area (Å²) in [6.45, 7) is 3.92. The zero-order valence-electron chi connectivity index (χ0n) is 16.8. The molecule has 0 unspecified atom stereocenters. The summed E-state index contributed by atoms with van der Waals surface area (Å²) in [6, 6.07) is 13.5. The molecule has 2 aromatic carbocycles. The summed E-state index contributed by atoms with van der Waals surface area (Å²) in [4.78, 5) is 28.7. The van der Waals surface area contributed by atoms with E-state index in [4.69, 9.17) is 0 Å². The molecule has 2 amide bonds. The van der Waals surface area contributed by atoms with E-state index in [0.29, 0.717) is 16.3 Å². The van der Waals surface area contributed by atoms with Crippen LogP contribution in [0.15, 0.2) is 66.1 Å². The molecule has 1 heterocycles. The van der Waals surface area contributed by atoms with Crippen LogP contribution in [0.4, 0.5) is 4.39 Å². The van der Waals surface area contributed by atoms with Crippen LogP contribution in [0.1, 0.15) is 29.8 Å². The number of amides is 2. The third-order valence-electron chi connectivity index (χ3n) is 4.17. The number of imidazole rings is 1. The van der Waals surface area contributed by atoms with Gasteiger partial charge in [-0.25, -0.2) is 9.37 Å². The number of nitrogens with one attached hydrogen (secondary N) is 2. The lowest BCUT2D eigenvalue weighted by molar-refractivity contribution is -0.119. The quantitative estimate of drug-likeness (QED) is 0.540. The number of thioether (sulfide) groups is 1. The van der Waals surface area contributed by atoms with Gasteiger partial charge in [0.05, 0.1) is 5.75 Å². The molecule has 3 rings (SSSR count). The Labute approximate surface area is 178 Å². The normalized spacial score (nSPS) is 10.8. The predicted octanol–water partition coefficient (Wildman–Crippen LogP) is 3.56. The van der Waals surface area contributed by atoms with Gasteiger partial charge < -0.3 is 10.6 Å². The third kappa shape index (κ3) is 5.70. The molecule has 2 N–H and O–H groups in total. The third-order valence-corrected chi connectivity index (χ3v) is 5.14. The Morgan fingerprint density at radius 3 is 2.73 bits per heavy atom. The fourth-order valence-corrected chi connectivity index (χ4v) is 3.59. The second-order valence-corrected chi connectivity index (χ2v) is 7.86. The summed E-state index contributed by atoms with van der Waals surface area (Å²) in [7, 11) is 0. The first-order valence-corrected chi connectivity index (χ1v) is 10.5. The van der Waals surface area contributed by atoms with Crippen LogP contribution in [0.3, 0.4) is 0 Å². The van der Waals surface area contributed by atoms with Crippen LogP contribution in [-0.2, 0) is 11.3 Å². The van der Waals surface area contributed by atoms with Crippen molar-refractivity contribution in [3.63, 3.8) is 0 Å². The molecule has 30 heavy (non-hydrogen) atoms. The molecular formula is C22H23FN4O2S. The molecule has 0 aliphatic rings. The van der Waals surface area contributed by atoms with Gasteiger partial charge in [-0.3, -0.25) is 14.2 Å². The highest BCUT2D eigenvalue weighted by molar-refractivity contribution is 7.99. The van der Waals surface area contributed by atoms with Crippen molar-refractivity contribution in [1.82, 2.24) is 20.2 Å². The molecule has 0 saturated heterocycles. The van der Waals surface area contributed by atoms with Gasteiger partial charge in [0.1, 0.15) is 5.82 Å². The second-order valence-electron chi connectivity index (χ2n) is 6.92. The predicted molar refractivity (Wildman–Crippen MR) is 115 cm³/mol. The number of carbonyl (C=O) groups excluding carboxylic acids is 2. The fraction of sp³-hybridized carbons (Fsp3) is 0.227. The molecule has 0 aliphatic carbocycles. The van der Waals surface area contributed by atoms with E-state index >= 15 is 0 Å². The van der Waals surface area contributed by atoms with E-state index < -0.39 is 0 Å². The molecule has 0 atom stereocenters. The molecule has 0 bridgehead atoms. The van der Waals surface area contributed by atoms with E-state index in [1.807, 2.05) is 24.5 Å². The van der Waals surface area contributed by atoms with E-state index in [1.165, 1.54) is 17.8 Å². The first-order chi connectivity index (χ1) is 14.4. The average Bonchev–Trinajstić information content (AvgIpc) is 3.20. The Balaban J connectivity index is 1.68. The summed E-state index contributed by atoms with van der Waals surface area (Å²) >= 11 is 1.32. The van der Waals surface area contributed by atoms with Gasteiger partial charge in [-0.1, -0.05) is 36.0 Å². The zero-order chi connectivity index (χ0) is 21.5. The number of hydrogen-bond donors (Lipinski definition) is 2. The highest BCUT2D eigenvalue weighted by atomic mass is 32.2. The zero-order valence-corrected chi connectivity index (χ0v) is 17.6. The molecular weight excluding hydrogens is 403 g/mol. The van der Waals surface area contributed by atoms with Crippen molar-refractivity contribution in [2.75, 3.05) is 5.75 Å². The van der Waals surface area contributed by atoms with E-state index in [-0.39, 0.29) is 36.0 Å². The van der Waals surface area contributed by atoms with Crippen LogP contribution >= 0.6 is 11.8 Å². The number of halogens is 1. The van der Waals surface area contributed by atoms with Crippen molar-refractivity contribution in [2.24, 2.45) is 0 Å². The minimum atomic E-state index is -0.354. The SMILES string of the molecule is CC(C)NC(=O)CSc1nccn1-c1cccc(C(=O)NCc2ccccc2F)c1. The molecule has 0 radical (unpaired) electrons. The van der Waals surface area contributed by atoms with Crippen LogP contribution in [0.2, 0.25) is 0 Å². The number of carbonyl (C=O) groups is 2. The number of aromatic nitrogens is 2. The lowest BCUT2D eigenvalue weighted by Crippen LogP contribution is -2.31. The molecule has 156 valence electrons. The van der Waals surface area contributed by atoms with Crippen LogP contribution in [-0.4, -0.2) is 33.2 Å². The first-order valence-electron chi connectivity index (χ1n) is 9.51. The van der Waals surface area contributed by atoms with E-state index in [1.54, 1.807) is 48.8 Å². The summed E-state index contributed by atoms with van der Waals surface area (Å²) in [5.74, 6) is -0.470. The minimum Gasteiger partial charge on any atom is -0.353 e. The lowest BCUT2D eigenvalue weighted by Gasteiger charge is -2.11. The Kier molecular flexibility index (Phi) is 7.24. The maximum absolute atomic E-state index is 13.7. The topological polar surface area (TPSA) is 76.0 Å². The van der Waals surface area contributed by atoms with Gasteiger partial charge in [-0.15, -0.1) is 0 Å². The standard InChI is InChI=1S/C22H23FN4O2S/c1-15(2)26-20(28)14-30-22-24-10-11-27(22)18-8-5-7-16(12-18)21(29)25-13-17-6-3-4-9-19(17)23/h3-12,15H,13-14H2,1-2H3,(H,25,29)(H,26,28). The van der Waals surface area contributed by atoms with Crippen molar-refractivity contribution in [2.45, 2.75) is 31.6 Å². The summed E-state index contributed by atoms with van der Waals surface area (Å²) < 4.78 is 15.6. The van der Waals surface area contributed by atoms with Gasteiger partial charge in [0.15, 0.2) is 5.16 Å². The molecule has 0 fully saturated rings. The van der Waals surface area contributed by atoms with E-state index in [9.17, 15) is 14.0 Å². The maximum Gasteiger partial charge on any atom is 0.251 e. The van der Waals surface area contributed by atoms with Crippen molar-refractivity contribution >= 4 is 23.6 Å². The molecule has 0 saturated carbocycles. The number of benzene rings is 2. The van der Waals surface area contributed by atoms with Gasteiger partial charge in [-0.05, 0) is 38.1 Å². The first kappa shape index (κ1) is 21.6. The minimum absolute atomic E-state index is 0.0641. The van der Waals surface area contributed by atoms with Crippen molar-refractivity contribution in [3.8, 4) is 5.69 Å². The van der Waals surface area contributed by atoms with Crippen molar-refractivity contribution in [3.05, 3.63) is 77.9 Å². The van der Waals surface area contributed by atoms with Crippen LogP contribution in [0.25, 0.3) is 5.69 Å². The van der Waals surface area contributed by atoms with Crippen molar-refractivity contribution < 1.29 is 14.0 Å². The lowest BCUT2D eigenvalue weighted by atomic mass is 10.1. The Hall–Kier alpha value is -3.13. The Morgan fingerprint density at radius 2 is 1.97 bits per heavy atom. The second kappa shape index (κ2) is 10.1. The number of rotatable bonds is 8. The van der Waals surface area contributed by atoms with Gasteiger partial charge in [0.2, 0.25) is 5.91 Å². The van der Waals surface area contributed by atoms with Gasteiger partial charge in [0, 0.05) is 41.8 Å². The molecule has 0 spiro atoms. The summed E-state index contributed by atoms with van der Waals surface area (Å²) in [5.41, 5.74) is 1.62. The summed E-state index contributed by atoms with van der Waals surface area (Å²) in [6.07, 6.45) is 3.42. The van der Waals surface area contributed by atoms with Crippen LogP contribution in [0, 0.1) is 5.82 Å². The number of hydrogen-bond acceptors (Lipinski definition) is 4. The fourth-order valence-electron chi connectivity index (χ4n) is 2.80. The van der Waals surface area contributed by atoms with Gasteiger partial charge >= 0.3 is 0 Å². The largest absolute Gasteiger partial charge is 0.353 e. The van der Waals surface area contributed by atoms with Gasteiger partial charge in [0.25, 0.3) is 5.91 Å². The smallest absolute Gasteiger partial charge is 0.251 e. The maximum atomic E-state index is 13.7. The van der Waals surface area contributed by atoms with E-state index in [0.717, 1.165) is 5.69 Å². The average molecular weight is 427 g/mol. The number of nitrogens with zero attached hydrogens (tertiary/aromatic N) is 2. The Morgan fingerprint density at radius 1 is 1.17 bits per heavy atom. The monoisotopic (exact) mass is 426 g/mol. The molecule has 0 aliphatic heterocycles. The van der Waals surface area contributed by atoms with E-state index in [2.05, 4.69) is 15.6 Å². The summed E-state index contributed by atoms with van der Waals surface area (Å²) in [5, 5.41) is 6.23. The molecule has 3 aromatic rings. The highest BCUT2D eigenvalue weighted by Gasteiger charge is 2.12.